The number of fused-ring (bicyclic) bond motifs is 13. The summed E-state index contributed by atoms with van der Waals surface area (Å²) < 4.78 is 6.90. The lowest BCUT2D eigenvalue weighted by molar-refractivity contribution is 0.0923. The summed E-state index contributed by atoms with van der Waals surface area (Å²) >= 11 is 0. The van der Waals surface area contributed by atoms with Crippen LogP contribution in [0.15, 0.2) is 120 Å². The number of anilines is 6. The molecular weight excluding hydrogens is 1000 g/mol. The zero-order valence-electron chi connectivity index (χ0n) is 53.5. The highest BCUT2D eigenvalue weighted by molar-refractivity contribution is 7.00. The molecule has 0 spiro atoms. The molecule has 0 bridgehead atoms. The average molecular weight is 1100 g/mol. The molecule has 2 aliphatic heterocycles. The van der Waals surface area contributed by atoms with E-state index in [1.165, 1.54) is 163 Å². The van der Waals surface area contributed by atoms with Gasteiger partial charge in [0, 0.05) is 39.7 Å². The summed E-state index contributed by atoms with van der Waals surface area (Å²) in [5.74, 6) is 0.184. The van der Waals surface area contributed by atoms with Crippen LogP contribution in [0.3, 0.4) is 0 Å². The van der Waals surface area contributed by atoms with Crippen molar-refractivity contribution >= 4 is 79.2 Å². The lowest BCUT2D eigenvalue weighted by atomic mass is 9.32. The highest BCUT2D eigenvalue weighted by Gasteiger charge is 2.60. The minimum Gasteiger partial charge on any atom is -0.456 e. The van der Waals surface area contributed by atoms with Crippen LogP contribution in [0.1, 0.15) is 243 Å². The average Bonchev–Trinajstić information content (AvgIpc) is 3.15. The van der Waals surface area contributed by atoms with Gasteiger partial charge in [0.2, 0.25) is 0 Å². The van der Waals surface area contributed by atoms with E-state index in [1.807, 2.05) is 0 Å². The van der Waals surface area contributed by atoms with Gasteiger partial charge in [0.05, 0.1) is 11.1 Å². The van der Waals surface area contributed by atoms with Crippen molar-refractivity contribution in [3.05, 3.63) is 171 Å². The van der Waals surface area contributed by atoms with Crippen molar-refractivity contribution in [1.82, 2.24) is 0 Å². The summed E-state index contributed by atoms with van der Waals surface area (Å²) in [6.45, 7) is 42.8. The third-order valence-electron chi connectivity index (χ3n) is 24.4. The summed E-state index contributed by atoms with van der Waals surface area (Å²) in [6, 6.07) is 47.7. The molecule has 0 amide bonds. The van der Waals surface area contributed by atoms with Crippen molar-refractivity contribution in [2.75, 3.05) is 9.80 Å². The Morgan fingerprint density at radius 1 is 0.434 bits per heavy atom. The minimum absolute atomic E-state index is 0.00256. The molecule has 83 heavy (non-hydrogen) atoms. The molecule has 3 atom stereocenters. The van der Waals surface area contributed by atoms with Gasteiger partial charge >= 0.3 is 0 Å². The Bertz CT molecular complexity index is 4110. The van der Waals surface area contributed by atoms with E-state index in [1.54, 1.807) is 5.56 Å². The van der Waals surface area contributed by atoms with Crippen LogP contribution in [-0.4, -0.2) is 6.71 Å². The molecule has 3 unspecified atom stereocenters. The first-order chi connectivity index (χ1) is 39.0. The summed E-state index contributed by atoms with van der Waals surface area (Å²) in [7, 11) is 0. The predicted octanol–water partition coefficient (Wildman–Crippen LogP) is 20.0. The summed E-state index contributed by atoms with van der Waals surface area (Å²) in [6.07, 6.45) is 12.0. The van der Waals surface area contributed by atoms with Gasteiger partial charge in [-0.25, -0.2) is 0 Å². The molecule has 3 nitrogen and oxygen atoms in total. The Morgan fingerprint density at radius 3 is 1.55 bits per heavy atom. The second-order valence-electron chi connectivity index (χ2n) is 33.2. The number of hydrogen-bond acceptors (Lipinski definition) is 3. The molecule has 1 fully saturated rings. The molecule has 5 aliphatic carbocycles. The van der Waals surface area contributed by atoms with E-state index in [-0.39, 0.29) is 61.4 Å². The van der Waals surface area contributed by atoms with Gasteiger partial charge in [-0.1, -0.05) is 191 Å². The van der Waals surface area contributed by atoms with E-state index in [0.717, 1.165) is 24.0 Å². The fourth-order valence-corrected chi connectivity index (χ4v) is 18.6. The van der Waals surface area contributed by atoms with Crippen molar-refractivity contribution in [2.24, 2.45) is 5.41 Å². The number of benzene rings is 7. The van der Waals surface area contributed by atoms with Crippen LogP contribution in [0.5, 0.6) is 0 Å². The Balaban J connectivity index is 1.13. The van der Waals surface area contributed by atoms with Gasteiger partial charge in [-0.2, -0.15) is 0 Å². The molecule has 4 heteroatoms. The summed E-state index contributed by atoms with van der Waals surface area (Å²) in [5, 5.41) is 2.35. The zero-order valence-corrected chi connectivity index (χ0v) is 53.5. The monoisotopic (exact) mass is 1090 g/mol. The lowest BCUT2D eigenvalue weighted by Gasteiger charge is -2.51. The van der Waals surface area contributed by atoms with E-state index >= 15 is 0 Å². The van der Waals surface area contributed by atoms with Crippen molar-refractivity contribution in [1.29, 1.82) is 0 Å². The third-order valence-corrected chi connectivity index (χ3v) is 24.4. The number of nitrogens with zero attached hydrogens (tertiary/aromatic N) is 2. The standard InChI is InChI=1S/C79H91BN2O/c1-71(2,3)48-27-29-50-53(41-48)78(16)31-20-21-32-79(78,17)69(50)47-39-64-70-65(40-47)82(61-24-22-26-67-68(61)51-23-18-19-25-66(51)83-67)63-46-58-56(75(10,11)36-38-77(58,14)15)44-60(63)80(70)59-43-55-57(76(12,13)37-35-74(55,8)9)45-62(59)81(64)49-28-30-52-54(42-49)73(6,7)34-33-72(52,4)5/h18-19,22-30,39-46,69H,20-21,31-38H2,1-17H3. The van der Waals surface area contributed by atoms with E-state index in [4.69, 9.17) is 4.42 Å². The maximum absolute atomic E-state index is 6.90. The first kappa shape index (κ1) is 53.7. The van der Waals surface area contributed by atoms with E-state index in [9.17, 15) is 0 Å². The topological polar surface area (TPSA) is 19.6 Å². The summed E-state index contributed by atoms with van der Waals surface area (Å²) in [4.78, 5) is 5.61. The molecule has 426 valence electrons. The van der Waals surface area contributed by atoms with Gasteiger partial charge in [-0.3, -0.25) is 0 Å². The molecule has 0 radical (unpaired) electrons. The molecule has 15 rings (SSSR count). The van der Waals surface area contributed by atoms with E-state index in [2.05, 4.69) is 243 Å². The fraction of sp³-hybridized carbons (Fsp3) is 0.468. The van der Waals surface area contributed by atoms with Gasteiger partial charge in [0.15, 0.2) is 0 Å². The number of furan rings is 1. The maximum atomic E-state index is 6.90. The molecule has 0 saturated heterocycles. The minimum atomic E-state index is -0.0159. The van der Waals surface area contributed by atoms with Crippen molar-refractivity contribution < 1.29 is 4.42 Å². The SMILES string of the molecule is CC(C)(C)c1ccc2c(c1)C1(C)CCCCC1(C)C2c1cc2c3c(c1)N(c1cccc4oc5ccccc5c14)c1cc4c(cc1B3c1cc3c(cc1N2c1ccc2c(c1)C(C)(C)CCC2(C)C)C(C)(C)CCC3(C)C)C(C)(C)CCC4(C)C. The molecule has 1 aromatic heterocycles. The highest BCUT2D eigenvalue weighted by atomic mass is 16.3. The fourth-order valence-electron chi connectivity index (χ4n) is 18.6. The van der Waals surface area contributed by atoms with Crippen LogP contribution >= 0.6 is 0 Å². The van der Waals surface area contributed by atoms with Crippen molar-refractivity contribution in [3.8, 4) is 0 Å². The number of rotatable bonds is 3. The second-order valence-corrected chi connectivity index (χ2v) is 33.2. The first-order valence-electron chi connectivity index (χ1n) is 32.3. The molecule has 7 aliphatic rings. The normalized spacial score (nSPS) is 25.2. The number of hydrogen-bond donors (Lipinski definition) is 0. The maximum Gasteiger partial charge on any atom is 0.252 e. The highest BCUT2D eigenvalue weighted by Crippen LogP contribution is 2.68. The lowest BCUT2D eigenvalue weighted by Crippen LogP contribution is -2.62. The smallest absolute Gasteiger partial charge is 0.252 e. The largest absolute Gasteiger partial charge is 0.456 e. The van der Waals surface area contributed by atoms with Crippen LogP contribution in [0.2, 0.25) is 0 Å². The van der Waals surface area contributed by atoms with Gasteiger partial charge in [-0.15, -0.1) is 0 Å². The Labute approximate surface area is 498 Å². The van der Waals surface area contributed by atoms with Gasteiger partial charge < -0.3 is 14.2 Å². The second kappa shape index (κ2) is 16.9. The molecular formula is C79H91BN2O. The van der Waals surface area contributed by atoms with Crippen LogP contribution in [0.25, 0.3) is 21.9 Å². The van der Waals surface area contributed by atoms with Crippen molar-refractivity contribution in [3.63, 3.8) is 0 Å². The van der Waals surface area contributed by atoms with Crippen molar-refractivity contribution in [2.45, 2.75) is 231 Å². The van der Waals surface area contributed by atoms with Gasteiger partial charge in [0.1, 0.15) is 11.2 Å². The van der Waals surface area contributed by atoms with E-state index < -0.39 is 0 Å². The van der Waals surface area contributed by atoms with Crippen LogP contribution in [0.4, 0.5) is 34.1 Å². The molecule has 1 saturated carbocycles. The van der Waals surface area contributed by atoms with Crippen LogP contribution in [0, 0.1) is 5.41 Å². The van der Waals surface area contributed by atoms with E-state index in [0.29, 0.717) is 0 Å². The van der Waals surface area contributed by atoms with Crippen LogP contribution in [-0.2, 0) is 43.3 Å². The third kappa shape index (κ3) is 7.35. The van der Waals surface area contributed by atoms with Gasteiger partial charge in [-0.05, 0) is 227 Å². The zero-order chi connectivity index (χ0) is 58.3. The van der Waals surface area contributed by atoms with Gasteiger partial charge in [0.25, 0.3) is 6.71 Å². The Morgan fingerprint density at radius 2 is 0.952 bits per heavy atom. The van der Waals surface area contributed by atoms with Crippen LogP contribution < -0.4 is 26.2 Å². The number of para-hydroxylation sites is 1. The first-order valence-corrected chi connectivity index (χ1v) is 32.3. The predicted molar refractivity (Wildman–Crippen MR) is 355 cm³/mol. The Hall–Kier alpha value is -6.00. The summed E-state index contributed by atoms with van der Waals surface area (Å²) in [5.41, 5.74) is 29.3. The molecule has 7 aromatic carbocycles. The quantitative estimate of drug-likeness (QED) is 0.164. The molecule has 3 heterocycles. The Kier molecular flexibility index (Phi) is 10.9. The molecule has 8 aromatic rings. The molecule has 0 N–H and O–H groups in total.